The molecule has 1 N–H and O–H groups in total. The van der Waals surface area contributed by atoms with E-state index in [1.54, 1.807) is 6.07 Å². The van der Waals surface area contributed by atoms with Gasteiger partial charge in [0.2, 0.25) is 0 Å². The summed E-state index contributed by atoms with van der Waals surface area (Å²) >= 11 is 0. The molecule has 0 aliphatic heterocycles. The molecule has 2 aromatic rings. The maximum absolute atomic E-state index is 10.1. The van der Waals surface area contributed by atoms with Gasteiger partial charge in [0, 0.05) is 5.39 Å². The molecule has 1 unspecified atom stereocenters. The van der Waals surface area contributed by atoms with Gasteiger partial charge < -0.3 is 5.11 Å². The number of phenolic OH excluding ortho intramolecular Hbond substituents is 1. The molecule has 0 amide bonds. The zero-order valence-electron chi connectivity index (χ0n) is 16.2. The molecular formula is C22H34O. The monoisotopic (exact) mass is 314 g/mol. The molecule has 1 nitrogen and oxygen atoms in total. The first-order chi connectivity index (χ1) is 10.6. The fourth-order valence-electron chi connectivity index (χ4n) is 3.12. The Morgan fingerprint density at radius 3 is 1.87 bits per heavy atom. The summed E-state index contributed by atoms with van der Waals surface area (Å²) < 4.78 is 0. The van der Waals surface area contributed by atoms with Gasteiger partial charge in [0.25, 0.3) is 0 Å². The van der Waals surface area contributed by atoms with Crippen molar-refractivity contribution in [2.45, 2.75) is 67.7 Å². The summed E-state index contributed by atoms with van der Waals surface area (Å²) in [4.78, 5) is 0. The highest BCUT2D eigenvalue weighted by Gasteiger charge is 2.31. The van der Waals surface area contributed by atoms with Crippen LogP contribution in [-0.4, -0.2) is 5.11 Å². The van der Waals surface area contributed by atoms with E-state index in [1.165, 1.54) is 10.9 Å². The molecule has 0 bridgehead atoms. The lowest BCUT2D eigenvalue weighted by Crippen LogP contribution is -2.24. The highest BCUT2D eigenvalue weighted by Crippen LogP contribution is 2.45. The lowest BCUT2D eigenvalue weighted by Gasteiger charge is -2.36. The Morgan fingerprint density at radius 1 is 0.826 bits per heavy atom. The highest BCUT2D eigenvalue weighted by molar-refractivity contribution is 5.91. The number of fused-ring (bicyclic) bond motifs is 1. The van der Waals surface area contributed by atoms with Gasteiger partial charge in [-0.15, -0.1) is 0 Å². The van der Waals surface area contributed by atoms with Crippen LogP contribution >= 0.6 is 0 Å². The summed E-state index contributed by atoms with van der Waals surface area (Å²) in [6.45, 7) is 17.8. The lowest BCUT2D eigenvalue weighted by atomic mass is 9.68. The van der Waals surface area contributed by atoms with Crippen LogP contribution in [0.4, 0.5) is 0 Å². The molecule has 128 valence electrons. The smallest absolute Gasteiger partial charge is 0.123 e. The van der Waals surface area contributed by atoms with Crippen LogP contribution in [0.15, 0.2) is 36.4 Å². The Kier molecular flexibility index (Phi) is 6.27. The maximum Gasteiger partial charge on any atom is 0.123 e. The lowest BCUT2D eigenvalue weighted by molar-refractivity contribution is 0.230. The Hall–Kier alpha value is -1.50. The zero-order valence-corrected chi connectivity index (χ0v) is 16.2. The molecule has 23 heavy (non-hydrogen) atoms. The minimum absolute atomic E-state index is 0.188. The van der Waals surface area contributed by atoms with E-state index in [9.17, 15) is 5.11 Å². The summed E-state index contributed by atoms with van der Waals surface area (Å²) in [6.07, 6.45) is 1.13. The number of hydrogen-bond acceptors (Lipinski definition) is 1. The third kappa shape index (κ3) is 4.99. The average Bonchev–Trinajstić information content (AvgIpc) is 2.45. The van der Waals surface area contributed by atoms with Gasteiger partial charge >= 0.3 is 0 Å². The molecule has 2 aromatic carbocycles. The highest BCUT2D eigenvalue weighted by atomic mass is 16.3. The van der Waals surface area contributed by atoms with Crippen molar-refractivity contribution in [2.75, 3.05) is 0 Å². The second-order valence-corrected chi connectivity index (χ2v) is 8.40. The first-order valence-electron chi connectivity index (χ1n) is 8.80. The Balaban J connectivity index is 0.00000127. The fourth-order valence-corrected chi connectivity index (χ4v) is 3.12. The second-order valence-electron chi connectivity index (χ2n) is 8.40. The average molecular weight is 315 g/mol. The van der Waals surface area contributed by atoms with Gasteiger partial charge in [-0.25, -0.2) is 0 Å². The molecule has 0 aliphatic rings. The van der Waals surface area contributed by atoms with Gasteiger partial charge in [-0.2, -0.15) is 0 Å². The van der Waals surface area contributed by atoms with Crippen molar-refractivity contribution in [3.63, 3.8) is 0 Å². The van der Waals surface area contributed by atoms with Crippen LogP contribution < -0.4 is 0 Å². The van der Waals surface area contributed by atoms with Crippen LogP contribution in [0.3, 0.4) is 0 Å². The molecule has 0 fully saturated rings. The molecule has 0 aliphatic carbocycles. The van der Waals surface area contributed by atoms with Crippen LogP contribution in [0, 0.1) is 10.8 Å². The van der Waals surface area contributed by atoms with Crippen molar-refractivity contribution < 1.29 is 5.11 Å². The first kappa shape index (κ1) is 19.5. The molecule has 2 rings (SSSR count). The molecule has 1 atom stereocenters. The van der Waals surface area contributed by atoms with E-state index in [0.29, 0.717) is 11.7 Å². The zero-order chi connectivity index (χ0) is 17.8. The summed E-state index contributed by atoms with van der Waals surface area (Å²) in [5.41, 5.74) is 1.81. The summed E-state index contributed by atoms with van der Waals surface area (Å²) in [5, 5.41) is 12.3. The standard InChI is InChI=1S/C20H28O.C2H6/c1-19(2,3)13-17(20(4,5)6)15-10-7-11-16-14(15)9-8-12-18(16)21;1-2/h7-12,17,21H,13H2,1-6H3;1-2H3. The SMILES string of the molecule is CC.CC(C)(C)CC(c1cccc2c(O)cccc12)C(C)(C)C. The number of phenols is 1. The maximum atomic E-state index is 10.1. The number of aromatic hydroxyl groups is 1. The normalized spacial score (nSPS) is 13.4. The van der Waals surface area contributed by atoms with Crippen LogP contribution in [0.1, 0.15) is 73.3 Å². The number of hydrogen-bond donors (Lipinski definition) is 1. The van der Waals surface area contributed by atoms with Gasteiger partial charge in [0.15, 0.2) is 0 Å². The third-order valence-corrected chi connectivity index (χ3v) is 4.17. The van der Waals surface area contributed by atoms with Crippen molar-refractivity contribution in [1.82, 2.24) is 0 Å². The third-order valence-electron chi connectivity index (χ3n) is 4.17. The molecule has 1 heteroatoms. The molecule has 0 spiro atoms. The van der Waals surface area contributed by atoms with Gasteiger partial charge in [0.1, 0.15) is 5.75 Å². The van der Waals surface area contributed by atoms with E-state index >= 15 is 0 Å². The Morgan fingerprint density at radius 2 is 1.35 bits per heavy atom. The first-order valence-corrected chi connectivity index (χ1v) is 8.80. The largest absolute Gasteiger partial charge is 0.507 e. The predicted octanol–water partition coefficient (Wildman–Crippen LogP) is 7.14. The molecule has 0 saturated heterocycles. The van der Waals surface area contributed by atoms with Crippen molar-refractivity contribution in [1.29, 1.82) is 0 Å². The minimum Gasteiger partial charge on any atom is -0.507 e. The van der Waals surface area contributed by atoms with Crippen LogP contribution in [0.5, 0.6) is 5.75 Å². The molecular weight excluding hydrogens is 280 g/mol. The molecule has 0 radical (unpaired) electrons. The van der Waals surface area contributed by atoms with Gasteiger partial charge in [0.05, 0.1) is 0 Å². The van der Waals surface area contributed by atoms with E-state index in [1.807, 2.05) is 26.0 Å². The molecule has 0 heterocycles. The van der Waals surface area contributed by atoms with Crippen molar-refractivity contribution in [3.8, 4) is 5.75 Å². The van der Waals surface area contributed by atoms with Gasteiger partial charge in [-0.1, -0.05) is 85.7 Å². The van der Waals surface area contributed by atoms with E-state index in [2.05, 4.69) is 59.7 Å². The van der Waals surface area contributed by atoms with E-state index in [-0.39, 0.29) is 10.8 Å². The minimum atomic E-state index is 0.188. The summed E-state index contributed by atoms with van der Waals surface area (Å²) in [7, 11) is 0. The fraction of sp³-hybridized carbons (Fsp3) is 0.545. The number of rotatable bonds is 2. The number of benzene rings is 2. The molecule has 0 aromatic heterocycles. The van der Waals surface area contributed by atoms with Crippen molar-refractivity contribution >= 4 is 10.8 Å². The van der Waals surface area contributed by atoms with Crippen LogP contribution in [0.25, 0.3) is 10.8 Å². The van der Waals surface area contributed by atoms with Crippen molar-refractivity contribution in [3.05, 3.63) is 42.0 Å². The summed E-state index contributed by atoms with van der Waals surface area (Å²) in [5.74, 6) is 0.834. The van der Waals surface area contributed by atoms with E-state index in [4.69, 9.17) is 0 Å². The topological polar surface area (TPSA) is 20.2 Å². The quantitative estimate of drug-likeness (QED) is 0.624. The predicted molar refractivity (Wildman–Crippen MR) is 103 cm³/mol. The van der Waals surface area contributed by atoms with Crippen LogP contribution in [0.2, 0.25) is 0 Å². The van der Waals surface area contributed by atoms with Crippen LogP contribution in [-0.2, 0) is 0 Å². The molecule has 0 saturated carbocycles. The van der Waals surface area contributed by atoms with Gasteiger partial charge in [-0.05, 0) is 40.2 Å². The van der Waals surface area contributed by atoms with Gasteiger partial charge in [-0.3, -0.25) is 0 Å². The Labute approximate surface area is 142 Å². The Bertz CT molecular complexity index is 626. The van der Waals surface area contributed by atoms with E-state index < -0.39 is 0 Å². The second kappa shape index (κ2) is 7.38. The van der Waals surface area contributed by atoms with Crippen molar-refractivity contribution in [2.24, 2.45) is 10.8 Å². The van der Waals surface area contributed by atoms with E-state index in [0.717, 1.165) is 11.8 Å². The summed E-state index contributed by atoms with van der Waals surface area (Å²) in [6, 6.07) is 12.1.